The Morgan fingerprint density at radius 1 is 1.44 bits per heavy atom. The molecule has 1 amide bonds. The van der Waals surface area contributed by atoms with Crippen molar-refractivity contribution in [2.75, 3.05) is 7.11 Å². The van der Waals surface area contributed by atoms with Crippen molar-refractivity contribution in [2.24, 2.45) is 7.05 Å². The van der Waals surface area contributed by atoms with Crippen LogP contribution >= 0.6 is 0 Å². The van der Waals surface area contributed by atoms with Gasteiger partial charge in [-0.2, -0.15) is 5.10 Å². The number of ether oxygens (including phenoxy) is 1. The first-order valence-electron chi connectivity index (χ1n) is 8.47. The number of aromatic nitrogens is 2. The highest BCUT2D eigenvalue weighted by atomic mass is 16.5. The molecule has 0 spiro atoms. The van der Waals surface area contributed by atoms with Crippen LogP contribution in [-0.4, -0.2) is 22.8 Å². The molecule has 3 aromatic rings. The van der Waals surface area contributed by atoms with E-state index >= 15 is 0 Å². The van der Waals surface area contributed by atoms with E-state index in [0.29, 0.717) is 22.7 Å². The monoisotopic (exact) mass is 339 g/mol. The van der Waals surface area contributed by atoms with E-state index in [1.165, 1.54) is 5.69 Å². The van der Waals surface area contributed by atoms with Crippen LogP contribution in [0.5, 0.6) is 5.75 Å². The standard InChI is InChI=1S/C19H21N3O3/c1-11-18(13-9-12(24-3)7-8-17(13)25-11)19(23)21-15-5-4-6-16-14(15)10-20-22(16)2/h7-10,15H,4-6H2,1-3H3,(H,21,23)/t15-/m0/s1. The van der Waals surface area contributed by atoms with Crippen LogP contribution in [0, 0.1) is 6.92 Å². The van der Waals surface area contributed by atoms with Crippen molar-refractivity contribution in [2.45, 2.75) is 32.2 Å². The van der Waals surface area contributed by atoms with Crippen LogP contribution in [-0.2, 0) is 13.5 Å². The molecule has 0 radical (unpaired) electrons. The number of hydrogen-bond acceptors (Lipinski definition) is 4. The number of benzene rings is 1. The van der Waals surface area contributed by atoms with E-state index in [1.54, 1.807) is 7.11 Å². The maximum absolute atomic E-state index is 13.0. The zero-order valence-electron chi connectivity index (χ0n) is 14.6. The van der Waals surface area contributed by atoms with E-state index in [0.717, 1.165) is 30.2 Å². The predicted molar refractivity (Wildman–Crippen MR) is 93.9 cm³/mol. The lowest BCUT2D eigenvalue weighted by Crippen LogP contribution is -2.31. The second-order valence-electron chi connectivity index (χ2n) is 6.48. The van der Waals surface area contributed by atoms with Gasteiger partial charge in [-0.05, 0) is 44.4 Å². The van der Waals surface area contributed by atoms with Gasteiger partial charge >= 0.3 is 0 Å². The summed E-state index contributed by atoms with van der Waals surface area (Å²) in [5, 5.41) is 8.28. The van der Waals surface area contributed by atoms with E-state index in [2.05, 4.69) is 10.4 Å². The number of rotatable bonds is 3. The topological polar surface area (TPSA) is 69.3 Å². The van der Waals surface area contributed by atoms with Gasteiger partial charge in [-0.3, -0.25) is 9.48 Å². The summed E-state index contributed by atoms with van der Waals surface area (Å²) in [4.78, 5) is 13.0. The van der Waals surface area contributed by atoms with E-state index in [9.17, 15) is 4.79 Å². The molecule has 0 bridgehead atoms. The van der Waals surface area contributed by atoms with Crippen LogP contribution in [0.2, 0.25) is 0 Å². The van der Waals surface area contributed by atoms with E-state index < -0.39 is 0 Å². The van der Waals surface area contributed by atoms with Gasteiger partial charge in [0.25, 0.3) is 5.91 Å². The Hall–Kier alpha value is -2.76. The molecule has 1 aromatic carbocycles. The summed E-state index contributed by atoms with van der Waals surface area (Å²) in [6, 6.07) is 5.49. The fourth-order valence-electron chi connectivity index (χ4n) is 3.69. The van der Waals surface area contributed by atoms with Gasteiger partial charge in [-0.25, -0.2) is 0 Å². The third-order valence-corrected chi connectivity index (χ3v) is 4.98. The number of nitrogens with one attached hydrogen (secondary N) is 1. The summed E-state index contributed by atoms with van der Waals surface area (Å²) in [7, 11) is 3.56. The van der Waals surface area contributed by atoms with Gasteiger partial charge in [0, 0.05) is 23.7 Å². The summed E-state index contributed by atoms with van der Waals surface area (Å²) in [5.74, 6) is 1.20. The summed E-state index contributed by atoms with van der Waals surface area (Å²) in [6.07, 6.45) is 4.82. The lowest BCUT2D eigenvalue weighted by atomic mass is 9.92. The largest absolute Gasteiger partial charge is 0.497 e. The van der Waals surface area contributed by atoms with Gasteiger partial charge < -0.3 is 14.5 Å². The Labute approximate surface area is 145 Å². The molecule has 1 aliphatic rings. The second-order valence-corrected chi connectivity index (χ2v) is 6.48. The minimum absolute atomic E-state index is 0.0140. The molecule has 0 aliphatic heterocycles. The normalized spacial score (nSPS) is 16.7. The van der Waals surface area contributed by atoms with Gasteiger partial charge in [0.1, 0.15) is 17.1 Å². The first-order valence-corrected chi connectivity index (χ1v) is 8.47. The maximum Gasteiger partial charge on any atom is 0.255 e. The van der Waals surface area contributed by atoms with Crippen molar-refractivity contribution in [3.05, 3.63) is 47.0 Å². The number of furan rings is 1. The Kier molecular flexibility index (Phi) is 3.75. The Bertz CT molecular complexity index is 954. The Morgan fingerprint density at radius 2 is 2.28 bits per heavy atom. The highest BCUT2D eigenvalue weighted by Gasteiger charge is 2.27. The fraction of sp³-hybridized carbons (Fsp3) is 0.368. The number of amides is 1. The zero-order valence-corrected chi connectivity index (χ0v) is 14.6. The Morgan fingerprint density at radius 3 is 3.08 bits per heavy atom. The van der Waals surface area contributed by atoms with Gasteiger partial charge in [0.05, 0.1) is 24.9 Å². The lowest BCUT2D eigenvalue weighted by molar-refractivity contribution is 0.0932. The number of nitrogens with zero attached hydrogens (tertiary/aromatic N) is 2. The smallest absolute Gasteiger partial charge is 0.255 e. The van der Waals surface area contributed by atoms with Crippen LogP contribution in [0.4, 0.5) is 0 Å². The van der Waals surface area contributed by atoms with Crippen molar-refractivity contribution in [3.8, 4) is 5.75 Å². The van der Waals surface area contributed by atoms with Gasteiger partial charge in [-0.15, -0.1) is 0 Å². The van der Waals surface area contributed by atoms with Crippen LogP contribution in [0.15, 0.2) is 28.8 Å². The van der Waals surface area contributed by atoms with Crippen molar-refractivity contribution in [1.82, 2.24) is 15.1 Å². The first-order chi connectivity index (χ1) is 12.1. The third-order valence-electron chi connectivity index (χ3n) is 4.98. The molecule has 25 heavy (non-hydrogen) atoms. The zero-order chi connectivity index (χ0) is 17.6. The average Bonchev–Trinajstić information content (AvgIpc) is 3.14. The molecule has 0 fully saturated rings. The van der Waals surface area contributed by atoms with Crippen LogP contribution in [0.25, 0.3) is 11.0 Å². The molecular weight excluding hydrogens is 318 g/mol. The maximum atomic E-state index is 13.0. The summed E-state index contributed by atoms with van der Waals surface area (Å²) in [6.45, 7) is 1.82. The summed E-state index contributed by atoms with van der Waals surface area (Å²) in [5.41, 5.74) is 3.58. The van der Waals surface area contributed by atoms with Crippen molar-refractivity contribution in [1.29, 1.82) is 0 Å². The lowest BCUT2D eigenvalue weighted by Gasteiger charge is -2.23. The molecule has 6 nitrogen and oxygen atoms in total. The van der Waals surface area contributed by atoms with E-state index in [1.807, 2.05) is 43.0 Å². The Balaban J connectivity index is 1.68. The van der Waals surface area contributed by atoms with Gasteiger partial charge in [0.15, 0.2) is 0 Å². The first kappa shape index (κ1) is 15.7. The molecule has 0 saturated carbocycles. The van der Waals surface area contributed by atoms with Crippen molar-refractivity contribution >= 4 is 16.9 Å². The second kappa shape index (κ2) is 5.95. The minimum Gasteiger partial charge on any atom is -0.497 e. The summed E-state index contributed by atoms with van der Waals surface area (Å²) < 4.78 is 12.9. The summed E-state index contributed by atoms with van der Waals surface area (Å²) >= 11 is 0. The highest BCUT2D eigenvalue weighted by molar-refractivity contribution is 6.07. The van der Waals surface area contributed by atoms with E-state index in [-0.39, 0.29) is 11.9 Å². The average molecular weight is 339 g/mol. The molecule has 2 heterocycles. The molecule has 0 unspecified atom stereocenters. The molecule has 4 rings (SSSR count). The number of fused-ring (bicyclic) bond motifs is 2. The predicted octanol–water partition coefficient (Wildman–Crippen LogP) is 3.29. The molecule has 1 N–H and O–H groups in total. The highest BCUT2D eigenvalue weighted by Crippen LogP contribution is 2.32. The minimum atomic E-state index is -0.119. The van der Waals surface area contributed by atoms with Gasteiger partial charge in [-0.1, -0.05) is 0 Å². The van der Waals surface area contributed by atoms with Crippen LogP contribution in [0.1, 0.15) is 46.3 Å². The molecule has 130 valence electrons. The number of hydrogen-bond donors (Lipinski definition) is 1. The third kappa shape index (κ3) is 2.58. The molecule has 1 atom stereocenters. The number of aryl methyl sites for hydroxylation is 2. The quantitative estimate of drug-likeness (QED) is 0.795. The van der Waals surface area contributed by atoms with Gasteiger partial charge in [0.2, 0.25) is 0 Å². The van der Waals surface area contributed by atoms with E-state index in [4.69, 9.17) is 9.15 Å². The van der Waals surface area contributed by atoms with Crippen LogP contribution in [0.3, 0.4) is 0 Å². The fourth-order valence-corrected chi connectivity index (χ4v) is 3.69. The number of carbonyl (C=O) groups excluding carboxylic acids is 1. The number of methoxy groups -OCH3 is 1. The molecule has 0 saturated heterocycles. The number of carbonyl (C=O) groups is 1. The molecule has 2 aromatic heterocycles. The van der Waals surface area contributed by atoms with Crippen LogP contribution < -0.4 is 10.1 Å². The van der Waals surface area contributed by atoms with Crippen molar-refractivity contribution in [3.63, 3.8) is 0 Å². The SMILES string of the molecule is COc1ccc2oc(C)c(C(=O)N[C@H]3CCCc4c3cnn4C)c2c1. The van der Waals surface area contributed by atoms with Crippen molar-refractivity contribution < 1.29 is 13.9 Å². The molecule has 6 heteroatoms. The molecular formula is C19H21N3O3. The molecule has 1 aliphatic carbocycles.